The number of rotatable bonds is 10. The van der Waals surface area contributed by atoms with Gasteiger partial charge in [-0.3, -0.25) is 0 Å². The summed E-state index contributed by atoms with van der Waals surface area (Å²) in [5.74, 6) is 6.79. The number of nitrogens with zero attached hydrogens (tertiary/aromatic N) is 2. The summed E-state index contributed by atoms with van der Waals surface area (Å²) >= 11 is 0. The first-order valence-corrected chi connectivity index (χ1v) is 28.4. The van der Waals surface area contributed by atoms with Crippen molar-refractivity contribution < 1.29 is 19.1 Å². The maximum atomic E-state index is 12.6. The summed E-state index contributed by atoms with van der Waals surface area (Å²) < 4.78 is 10.1. The first-order valence-electron chi connectivity index (χ1n) is 24.0. The Hall–Kier alpha value is -6.47. The molecule has 2 N–H and O–H groups in total. The van der Waals surface area contributed by atoms with Crippen LogP contribution < -0.4 is 0 Å². The normalized spacial score (nSPS) is 12.5. The molecule has 0 aliphatic carbocycles. The van der Waals surface area contributed by atoms with Crippen molar-refractivity contribution in [1.29, 1.82) is 0 Å². The number of methoxy groups -OCH3 is 2. The monoisotopic (exact) mass is 938 g/mol. The number of aromatic amines is 2. The molecule has 68 heavy (non-hydrogen) atoms. The Balaban J connectivity index is 1.68. The molecule has 0 unspecified atom stereocenters. The maximum absolute atomic E-state index is 12.6. The van der Waals surface area contributed by atoms with E-state index in [2.05, 4.69) is 165 Å². The van der Waals surface area contributed by atoms with E-state index in [0.717, 1.165) is 78.2 Å². The Morgan fingerprint density at radius 2 is 0.735 bits per heavy atom. The predicted octanol–water partition coefficient (Wildman–Crippen LogP) is 14.7. The van der Waals surface area contributed by atoms with Crippen LogP contribution >= 0.6 is 0 Å². The van der Waals surface area contributed by atoms with Crippen molar-refractivity contribution in [2.75, 3.05) is 14.2 Å². The number of benzene rings is 2. The van der Waals surface area contributed by atoms with Gasteiger partial charge in [-0.05, 0) is 117 Å². The molecule has 0 atom stereocenters. The number of esters is 2. The van der Waals surface area contributed by atoms with E-state index in [1.54, 1.807) is 24.3 Å². The molecule has 0 fully saturated rings. The van der Waals surface area contributed by atoms with E-state index in [0.29, 0.717) is 44.4 Å². The lowest BCUT2D eigenvalue weighted by molar-refractivity contribution is 0.0592. The quantitative estimate of drug-likeness (QED) is 0.0803. The summed E-state index contributed by atoms with van der Waals surface area (Å²) in [4.78, 5) is 43.7. The van der Waals surface area contributed by atoms with Crippen LogP contribution in [-0.4, -0.2) is 62.2 Å². The third kappa shape index (κ3) is 9.12. The molecule has 8 nitrogen and oxygen atoms in total. The summed E-state index contributed by atoms with van der Waals surface area (Å²) in [7, 11) is -1.61. The topological polar surface area (TPSA) is 110 Å². The Morgan fingerprint density at radius 3 is 1.03 bits per heavy atom. The number of carbonyl (C=O) groups is 2. The van der Waals surface area contributed by atoms with Gasteiger partial charge in [-0.15, -0.1) is 11.1 Å². The number of H-pyrrole nitrogens is 2. The third-order valence-electron chi connectivity index (χ3n) is 14.5. The van der Waals surface area contributed by atoms with Gasteiger partial charge in [0, 0.05) is 22.2 Å². The molecule has 3 aromatic heterocycles. The largest absolute Gasteiger partial charge is 0.465 e. The molecule has 350 valence electrons. The van der Waals surface area contributed by atoms with E-state index in [-0.39, 0.29) is 0 Å². The fourth-order valence-corrected chi connectivity index (χ4v) is 21.5. The molecule has 0 spiro atoms. The van der Waals surface area contributed by atoms with Crippen LogP contribution in [0.2, 0.25) is 33.2 Å². The highest BCUT2D eigenvalue weighted by Gasteiger charge is 2.43. The van der Waals surface area contributed by atoms with Crippen LogP contribution in [0.25, 0.3) is 68.6 Å². The van der Waals surface area contributed by atoms with Crippen LogP contribution in [0.4, 0.5) is 0 Å². The Kier molecular flexibility index (Phi) is 14.6. The molecule has 2 aliphatic heterocycles. The van der Waals surface area contributed by atoms with E-state index in [1.807, 2.05) is 24.3 Å². The summed E-state index contributed by atoms with van der Waals surface area (Å²) in [6.45, 7) is 27.9. The van der Waals surface area contributed by atoms with Gasteiger partial charge in [0.05, 0.1) is 70.3 Å². The minimum absolute atomic E-state index is 0.399. The van der Waals surface area contributed by atoms with Crippen molar-refractivity contribution in [3.63, 3.8) is 0 Å². The third-order valence-corrected chi connectivity index (χ3v) is 27.1. The predicted molar refractivity (Wildman–Crippen MR) is 288 cm³/mol. The Bertz CT molecular complexity index is 2850. The number of hydrogen-bond donors (Lipinski definition) is 2. The summed E-state index contributed by atoms with van der Waals surface area (Å²) in [5, 5.41) is 0. The van der Waals surface area contributed by atoms with E-state index < -0.39 is 28.1 Å². The van der Waals surface area contributed by atoms with Gasteiger partial charge in [0.1, 0.15) is 16.1 Å². The van der Waals surface area contributed by atoms with Gasteiger partial charge in [-0.2, -0.15) is 0 Å². The van der Waals surface area contributed by atoms with E-state index >= 15 is 0 Å². The van der Waals surface area contributed by atoms with Crippen molar-refractivity contribution in [2.45, 2.75) is 116 Å². The standard InChI is InChI=1S/C58H66N4O4Si2/c1-35(2)67(36(3)4,37(5)6)33-31-45-47-23-27-51(59-47)55(41-15-19-43(20-16-41)57(63)65-13)53-29-25-49(61-53)46(32-34-68(38(7)8,39(9)10)40(11)12)50-26-30-54(62-50)56(52-28-24-48(45)60-52)42-17-21-44(22-18-42)58(64)66-14/h15-30,35-40,59,62H,1-14H3. The van der Waals surface area contributed by atoms with Gasteiger partial charge in [-0.1, -0.05) is 119 Å². The fourth-order valence-electron chi connectivity index (χ4n) is 11.1. The first-order chi connectivity index (χ1) is 32.4. The van der Waals surface area contributed by atoms with Crippen LogP contribution in [-0.2, 0) is 9.47 Å². The number of nitrogens with one attached hydrogen (secondary N) is 2. The smallest absolute Gasteiger partial charge is 0.337 e. The molecule has 7 rings (SSSR count). The zero-order valence-electron chi connectivity index (χ0n) is 42.2. The number of hydrogen-bond acceptors (Lipinski definition) is 6. The van der Waals surface area contributed by atoms with Gasteiger partial charge in [0.15, 0.2) is 0 Å². The zero-order valence-corrected chi connectivity index (χ0v) is 44.2. The lowest BCUT2D eigenvalue weighted by Crippen LogP contribution is -2.43. The molecule has 0 radical (unpaired) electrons. The Morgan fingerprint density at radius 1 is 0.441 bits per heavy atom. The minimum atomic E-state index is -2.19. The lowest BCUT2D eigenvalue weighted by atomic mass is 10.0. The van der Waals surface area contributed by atoms with Crippen LogP contribution in [0.15, 0.2) is 72.8 Å². The van der Waals surface area contributed by atoms with Crippen LogP contribution in [0.5, 0.6) is 0 Å². The van der Waals surface area contributed by atoms with Crippen molar-refractivity contribution >= 4 is 74.5 Å². The molecular formula is C58H66N4O4Si2. The van der Waals surface area contributed by atoms with Gasteiger partial charge in [-0.25, -0.2) is 19.6 Å². The first kappa shape index (κ1) is 49.4. The number of aromatic nitrogens is 4. The van der Waals surface area contributed by atoms with Gasteiger partial charge < -0.3 is 19.4 Å². The van der Waals surface area contributed by atoms with Crippen LogP contribution in [0.3, 0.4) is 0 Å². The van der Waals surface area contributed by atoms with Crippen molar-refractivity contribution in [1.82, 2.24) is 19.9 Å². The molecule has 0 saturated carbocycles. The molecule has 10 heteroatoms. The molecule has 2 aliphatic rings. The zero-order chi connectivity index (χ0) is 49.2. The van der Waals surface area contributed by atoms with Crippen molar-refractivity contribution in [3.05, 3.63) is 118 Å². The van der Waals surface area contributed by atoms with Gasteiger partial charge in [0.2, 0.25) is 0 Å². The summed E-state index contributed by atoms with van der Waals surface area (Å²) in [5.41, 5.74) is 22.9. The minimum Gasteiger partial charge on any atom is -0.465 e. The molecule has 2 aromatic carbocycles. The fraction of sp³-hybridized carbons (Fsp3) is 0.345. The van der Waals surface area contributed by atoms with E-state index in [4.69, 9.17) is 19.4 Å². The second kappa shape index (κ2) is 20.0. The highest BCUT2D eigenvalue weighted by Crippen LogP contribution is 2.43. The van der Waals surface area contributed by atoms with Gasteiger partial charge in [0.25, 0.3) is 0 Å². The second-order valence-electron chi connectivity index (χ2n) is 19.9. The molecular weight excluding hydrogens is 873 g/mol. The average Bonchev–Trinajstić information content (AvgIpc) is 4.16. The highest BCUT2D eigenvalue weighted by molar-refractivity contribution is 6.91. The highest BCUT2D eigenvalue weighted by atomic mass is 28.3. The lowest BCUT2D eigenvalue weighted by Gasteiger charge is -2.38. The Labute approximate surface area is 405 Å². The van der Waals surface area contributed by atoms with Crippen LogP contribution in [0.1, 0.15) is 138 Å². The van der Waals surface area contributed by atoms with E-state index in [1.165, 1.54) is 14.2 Å². The molecule has 5 aromatic rings. The maximum Gasteiger partial charge on any atom is 0.337 e. The average molecular weight is 939 g/mol. The molecule has 8 bridgehead atoms. The molecule has 5 heterocycles. The summed E-state index contributed by atoms with van der Waals surface area (Å²) in [6, 6.07) is 23.3. The van der Waals surface area contributed by atoms with Gasteiger partial charge >= 0.3 is 11.9 Å². The summed E-state index contributed by atoms with van der Waals surface area (Å²) in [6.07, 6.45) is 8.24. The number of ether oxygens (including phenoxy) is 2. The molecule has 0 saturated heterocycles. The SMILES string of the molecule is COC(=O)c1ccc(-c2c3nc(c(C#C[Si](C(C)C)(C(C)C)C(C)C)c4ccc([nH]4)c(-c4ccc(C(=O)OC)cc4)c4nc(c(C#C[Si](C(C)C)(C(C)C)C(C)C)c5ccc2[nH]5)C=C4)C=C3)cc1. The van der Waals surface area contributed by atoms with Crippen LogP contribution in [0, 0.1) is 22.9 Å². The number of carbonyl (C=O) groups excluding carboxylic acids is 2. The molecule has 0 amide bonds. The van der Waals surface area contributed by atoms with E-state index in [9.17, 15) is 9.59 Å². The second-order valence-corrected chi connectivity index (χ2v) is 31.1. The number of fused-ring (bicyclic) bond motifs is 8. The van der Waals surface area contributed by atoms with Crippen molar-refractivity contribution in [3.8, 4) is 45.2 Å². The van der Waals surface area contributed by atoms with Crippen molar-refractivity contribution in [2.24, 2.45) is 0 Å².